The van der Waals surface area contributed by atoms with Gasteiger partial charge in [0.1, 0.15) is 17.1 Å². The average Bonchev–Trinajstić information content (AvgIpc) is 2.39. The number of hydrogen-bond acceptors (Lipinski definition) is 2. The topological polar surface area (TPSA) is 33.1 Å². The molecule has 0 unspecified atom stereocenters. The number of pyridine rings is 1. The third-order valence-corrected chi connectivity index (χ3v) is 2.96. The molecule has 0 bridgehead atoms. The molecule has 4 heteroatoms. The molecule has 0 spiro atoms. The highest BCUT2D eigenvalue weighted by Gasteiger charge is 2.12. The number of benzene rings is 2. The van der Waals surface area contributed by atoms with Crippen LogP contribution in [0.15, 0.2) is 48.7 Å². The molecule has 2 aromatic carbocycles. The van der Waals surface area contributed by atoms with Crippen LogP contribution in [0.25, 0.3) is 22.0 Å². The Balaban J connectivity index is 2.40. The molecule has 2 nitrogen and oxygen atoms in total. The molecule has 1 heterocycles. The van der Waals surface area contributed by atoms with Gasteiger partial charge in [0, 0.05) is 23.2 Å². The first-order chi connectivity index (χ1) is 9.16. The van der Waals surface area contributed by atoms with Crippen molar-refractivity contribution >= 4 is 10.9 Å². The van der Waals surface area contributed by atoms with Gasteiger partial charge in [-0.15, -0.1) is 0 Å². The van der Waals surface area contributed by atoms with Crippen molar-refractivity contribution in [2.75, 3.05) is 0 Å². The van der Waals surface area contributed by atoms with Gasteiger partial charge in [0.15, 0.2) is 5.82 Å². The van der Waals surface area contributed by atoms with Gasteiger partial charge in [-0.05, 0) is 23.8 Å². The van der Waals surface area contributed by atoms with E-state index in [-0.39, 0.29) is 11.3 Å². The molecular weight excluding hydrogens is 248 g/mol. The van der Waals surface area contributed by atoms with Gasteiger partial charge >= 0.3 is 0 Å². The number of para-hydroxylation sites is 1. The van der Waals surface area contributed by atoms with Crippen LogP contribution in [0.3, 0.4) is 0 Å². The summed E-state index contributed by atoms with van der Waals surface area (Å²) in [5.74, 6) is -1.33. The van der Waals surface area contributed by atoms with Gasteiger partial charge < -0.3 is 5.11 Å². The van der Waals surface area contributed by atoms with E-state index in [9.17, 15) is 13.9 Å². The highest BCUT2D eigenvalue weighted by atomic mass is 19.1. The number of aromatic hydroxyl groups is 1. The van der Waals surface area contributed by atoms with Gasteiger partial charge in [-0.1, -0.05) is 18.2 Å². The van der Waals surface area contributed by atoms with E-state index in [1.807, 2.05) is 0 Å². The van der Waals surface area contributed by atoms with Crippen LogP contribution < -0.4 is 0 Å². The second kappa shape index (κ2) is 4.31. The van der Waals surface area contributed by atoms with Gasteiger partial charge in [0.25, 0.3) is 0 Å². The van der Waals surface area contributed by atoms with Crippen LogP contribution in [0.2, 0.25) is 0 Å². The molecule has 19 heavy (non-hydrogen) atoms. The molecule has 0 saturated carbocycles. The minimum atomic E-state index is -0.715. The molecule has 0 saturated heterocycles. The van der Waals surface area contributed by atoms with Gasteiger partial charge in [0.2, 0.25) is 0 Å². The number of phenolic OH excluding ortho intramolecular Hbond substituents is 1. The minimum Gasteiger partial charge on any atom is -0.507 e. The fourth-order valence-electron chi connectivity index (χ4n) is 2.11. The van der Waals surface area contributed by atoms with E-state index in [1.54, 1.807) is 24.3 Å². The van der Waals surface area contributed by atoms with E-state index in [4.69, 9.17) is 0 Å². The lowest BCUT2D eigenvalue weighted by molar-refractivity contribution is 0.477. The highest BCUT2D eigenvalue weighted by molar-refractivity contribution is 5.96. The van der Waals surface area contributed by atoms with Gasteiger partial charge in [0.05, 0.1) is 0 Å². The van der Waals surface area contributed by atoms with E-state index in [0.29, 0.717) is 16.5 Å². The zero-order valence-corrected chi connectivity index (χ0v) is 9.77. The Morgan fingerprint density at radius 1 is 0.947 bits per heavy atom. The van der Waals surface area contributed by atoms with Crippen LogP contribution in [0, 0.1) is 11.6 Å². The number of nitrogens with zero attached hydrogens (tertiary/aromatic N) is 1. The lowest BCUT2D eigenvalue weighted by Crippen LogP contribution is -1.90. The Kier molecular flexibility index (Phi) is 2.63. The van der Waals surface area contributed by atoms with Crippen molar-refractivity contribution in [1.82, 2.24) is 4.98 Å². The number of aromatic nitrogens is 1. The lowest BCUT2D eigenvalue weighted by Gasteiger charge is -2.08. The summed E-state index contributed by atoms with van der Waals surface area (Å²) in [5.41, 5.74) is 1.14. The largest absolute Gasteiger partial charge is 0.507 e. The smallest absolute Gasteiger partial charge is 0.152 e. The summed E-state index contributed by atoms with van der Waals surface area (Å²) < 4.78 is 27.0. The molecule has 1 N–H and O–H groups in total. The van der Waals surface area contributed by atoms with Crippen LogP contribution in [0.4, 0.5) is 8.78 Å². The molecule has 3 aromatic rings. The molecule has 0 atom stereocenters. The molecule has 1 aromatic heterocycles. The van der Waals surface area contributed by atoms with Crippen molar-refractivity contribution in [2.24, 2.45) is 0 Å². The molecule has 0 fully saturated rings. The predicted octanol–water partition coefficient (Wildman–Crippen LogP) is 3.89. The molecule has 0 aliphatic heterocycles. The van der Waals surface area contributed by atoms with Crippen LogP contribution in [0.1, 0.15) is 0 Å². The Labute approximate surface area is 108 Å². The quantitative estimate of drug-likeness (QED) is 0.717. The van der Waals surface area contributed by atoms with E-state index >= 15 is 0 Å². The molecule has 0 aliphatic rings. The van der Waals surface area contributed by atoms with Crippen LogP contribution in [-0.4, -0.2) is 10.1 Å². The third kappa shape index (κ3) is 1.91. The van der Waals surface area contributed by atoms with E-state index in [2.05, 4.69) is 4.98 Å². The maximum atomic E-state index is 13.7. The molecule has 0 amide bonds. The summed E-state index contributed by atoms with van der Waals surface area (Å²) in [4.78, 5) is 3.91. The minimum absolute atomic E-state index is 0.0552. The average molecular weight is 257 g/mol. The maximum Gasteiger partial charge on any atom is 0.152 e. The zero-order valence-electron chi connectivity index (χ0n) is 9.77. The summed E-state index contributed by atoms with van der Waals surface area (Å²) in [6.45, 7) is 0. The fourth-order valence-corrected chi connectivity index (χ4v) is 2.11. The Hall–Kier alpha value is -2.49. The van der Waals surface area contributed by atoms with E-state index in [0.717, 1.165) is 6.07 Å². The molecule has 0 radical (unpaired) electrons. The fraction of sp³-hybridized carbons (Fsp3) is 0. The summed E-state index contributed by atoms with van der Waals surface area (Å²) in [5, 5.41) is 10.2. The summed E-state index contributed by atoms with van der Waals surface area (Å²) >= 11 is 0. The van der Waals surface area contributed by atoms with Crippen LogP contribution in [0.5, 0.6) is 5.75 Å². The third-order valence-electron chi connectivity index (χ3n) is 2.96. The van der Waals surface area contributed by atoms with Crippen molar-refractivity contribution in [2.45, 2.75) is 0 Å². The summed E-state index contributed by atoms with van der Waals surface area (Å²) in [7, 11) is 0. The number of fused-ring (bicyclic) bond motifs is 1. The van der Waals surface area contributed by atoms with Gasteiger partial charge in [-0.2, -0.15) is 0 Å². The molecule has 0 aliphatic carbocycles. The number of halogens is 2. The first-order valence-electron chi connectivity index (χ1n) is 5.69. The van der Waals surface area contributed by atoms with Crippen molar-refractivity contribution < 1.29 is 13.9 Å². The Bertz CT molecular complexity index is 771. The summed E-state index contributed by atoms with van der Waals surface area (Å²) in [6, 6.07) is 10.3. The van der Waals surface area contributed by atoms with Crippen molar-refractivity contribution in [3.8, 4) is 16.9 Å². The van der Waals surface area contributed by atoms with Crippen molar-refractivity contribution in [1.29, 1.82) is 0 Å². The predicted molar refractivity (Wildman–Crippen MR) is 68.8 cm³/mol. The second-order valence-corrected chi connectivity index (χ2v) is 4.16. The van der Waals surface area contributed by atoms with Crippen molar-refractivity contribution in [3.63, 3.8) is 0 Å². The summed E-state index contributed by atoms with van der Waals surface area (Å²) in [6.07, 6.45) is 1.44. The molecule has 3 rings (SSSR count). The Morgan fingerprint density at radius 2 is 1.74 bits per heavy atom. The standard InChI is InChI=1S/C15H9F2NO/c16-9-7-12-10(11-3-1-2-4-14(11)19)5-6-18-15(12)13(17)8-9/h1-8,19H. The van der Waals surface area contributed by atoms with Crippen molar-refractivity contribution in [3.05, 3.63) is 60.3 Å². The first kappa shape index (κ1) is 11.6. The highest BCUT2D eigenvalue weighted by Crippen LogP contribution is 2.34. The molecule has 94 valence electrons. The lowest BCUT2D eigenvalue weighted by atomic mass is 10.0. The van der Waals surface area contributed by atoms with E-state index < -0.39 is 11.6 Å². The van der Waals surface area contributed by atoms with Crippen LogP contribution >= 0.6 is 0 Å². The van der Waals surface area contributed by atoms with Crippen LogP contribution in [-0.2, 0) is 0 Å². The number of hydrogen-bond donors (Lipinski definition) is 1. The zero-order chi connectivity index (χ0) is 13.4. The SMILES string of the molecule is Oc1ccccc1-c1ccnc2c(F)cc(F)cc12. The normalized spacial score (nSPS) is 10.8. The number of rotatable bonds is 1. The molecular formula is C15H9F2NO. The second-order valence-electron chi connectivity index (χ2n) is 4.16. The van der Waals surface area contributed by atoms with E-state index in [1.165, 1.54) is 18.3 Å². The van der Waals surface area contributed by atoms with Gasteiger partial charge in [-0.3, -0.25) is 4.98 Å². The number of phenols is 1. The van der Waals surface area contributed by atoms with Gasteiger partial charge in [-0.25, -0.2) is 8.78 Å². The monoisotopic (exact) mass is 257 g/mol. The Morgan fingerprint density at radius 3 is 2.53 bits per heavy atom. The first-order valence-corrected chi connectivity index (χ1v) is 5.69. The maximum absolute atomic E-state index is 13.7.